The lowest BCUT2D eigenvalue weighted by molar-refractivity contribution is -0.0553. The van der Waals surface area contributed by atoms with Crippen LogP contribution in [0.4, 0.5) is 0 Å². The zero-order valence-electron chi connectivity index (χ0n) is 20.9. The minimum absolute atomic E-state index is 0.00246. The van der Waals surface area contributed by atoms with Gasteiger partial charge in [0, 0.05) is 49.1 Å². The number of sulfonamides is 1. The van der Waals surface area contributed by atoms with Crippen LogP contribution in [0.1, 0.15) is 50.2 Å². The summed E-state index contributed by atoms with van der Waals surface area (Å²) in [6.45, 7) is 6.13. The van der Waals surface area contributed by atoms with Crippen LogP contribution in [-0.2, 0) is 10.0 Å². The van der Waals surface area contributed by atoms with Gasteiger partial charge in [0.15, 0.2) is 0 Å². The first-order chi connectivity index (χ1) is 16.8. The van der Waals surface area contributed by atoms with E-state index in [1.807, 2.05) is 12.1 Å². The van der Waals surface area contributed by atoms with E-state index < -0.39 is 10.0 Å². The van der Waals surface area contributed by atoms with Crippen LogP contribution in [0.25, 0.3) is 0 Å². The summed E-state index contributed by atoms with van der Waals surface area (Å²) >= 11 is 0. The zero-order valence-corrected chi connectivity index (χ0v) is 21.7. The van der Waals surface area contributed by atoms with Gasteiger partial charge in [-0.3, -0.25) is 4.90 Å². The molecule has 2 aromatic carbocycles. The van der Waals surface area contributed by atoms with E-state index in [1.54, 1.807) is 28.6 Å². The van der Waals surface area contributed by atoms with Crippen molar-refractivity contribution >= 4 is 10.0 Å². The Morgan fingerprint density at radius 3 is 2.54 bits per heavy atom. The third-order valence-corrected chi connectivity index (χ3v) is 8.91. The summed E-state index contributed by atoms with van der Waals surface area (Å²) in [5, 5.41) is 10.2. The van der Waals surface area contributed by atoms with Crippen LogP contribution >= 0.6 is 0 Å². The molecular formula is C28H36N2O4S. The predicted molar refractivity (Wildman–Crippen MR) is 138 cm³/mol. The highest BCUT2D eigenvalue weighted by atomic mass is 32.2. The first kappa shape index (κ1) is 25.7. The molecule has 3 atom stereocenters. The molecule has 188 valence electrons. The number of ether oxygens (including phenoxy) is 1. The molecule has 2 fully saturated rings. The number of benzene rings is 2. The molecule has 7 heteroatoms. The molecule has 2 aliphatic rings. The highest BCUT2D eigenvalue weighted by Crippen LogP contribution is 2.42. The first-order valence-electron chi connectivity index (χ1n) is 12.4. The van der Waals surface area contributed by atoms with E-state index in [9.17, 15) is 13.5 Å². The van der Waals surface area contributed by atoms with Crippen LogP contribution in [0.3, 0.4) is 0 Å². The number of methoxy groups -OCH3 is 1. The maximum Gasteiger partial charge on any atom is 0.243 e. The summed E-state index contributed by atoms with van der Waals surface area (Å²) in [5.41, 5.74) is 2.10. The van der Waals surface area contributed by atoms with E-state index in [1.165, 1.54) is 7.11 Å². The van der Waals surface area contributed by atoms with Gasteiger partial charge in [0.25, 0.3) is 0 Å². The summed E-state index contributed by atoms with van der Waals surface area (Å²) in [6.07, 6.45) is 2.55. The van der Waals surface area contributed by atoms with Crippen molar-refractivity contribution in [3.63, 3.8) is 0 Å². The minimum atomic E-state index is -3.66. The number of nitrogens with zero attached hydrogens (tertiary/aromatic N) is 2. The van der Waals surface area contributed by atoms with Crippen molar-refractivity contribution in [2.24, 2.45) is 5.92 Å². The molecule has 0 unspecified atom stereocenters. The second-order valence-corrected chi connectivity index (χ2v) is 11.8. The summed E-state index contributed by atoms with van der Waals surface area (Å²) in [4.78, 5) is 2.54. The fraction of sp³-hybridized carbons (Fsp3) is 0.500. The van der Waals surface area contributed by atoms with E-state index in [2.05, 4.69) is 42.7 Å². The Balaban J connectivity index is 1.58. The molecule has 0 aromatic heterocycles. The van der Waals surface area contributed by atoms with Gasteiger partial charge in [-0.1, -0.05) is 43.9 Å². The molecule has 0 aliphatic carbocycles. The Bertz CT molecular complexity index is 1170. The second kappa shape index (κ2) is 11.1. The lowest BCUT2D eigenvalue weighted by atomic mass is 9.74. The van der Waals surface area contributed by atoms with Crippen molar-refractivity contribution in [1.82, 2.24) is 9.21 Å². The number of hydrogen-bond acceptors (Lipinski definition) is 5. The maximum atomic E-state index is 13.6. The lowest BCUT2D eigenvalue weighted by Gasteiger charge is -2.57. The molecule has 2 saturated heterocycles. The highest BCUT2D eigenvalue weighted by Gasteiger charge is 2.50. The first-order valence-corrected chi connectivity index (χ1v) is 13.9. The van der Waals surface area contributed by atoms with Crippen molar-refractivity contribution in [2.75, 3.05) is 33.4 Å². The molecule has 4 rings (SSSR count). The van der Waals surface area contributed by atoms with Crippen molar-refractivity contribution in [3.8, 4) is 17.6 Å². The fourth-order valence-electron chi connectivity index (χ4n) is 5.18. The van der Waals surface area contributed by atoms with E-state index in [0.29, 0.717) is 24.8 Å². The third kappa shape index (κ3) is 5.57. The van der Waals surface area contributed by atoms with Crippen molar-refractivity contribution in [1.29, 1.82) is 0 Å². The third-order valence-electron chi connectivity index (χ3n) is 7.05. The van der Waals surface area contributed by atoms with Crippen molar-refractivity contribution in [2.45, 2.75) is 56.0 Å². The summed E-state index contributed by atoms with van der Waals surface area (Å²) < 4.78 is 34.0. The Labute approximate surface area is 210 Å². The monoisotopic (exact) mass is 496 g/mol. The Hall–Kier alpha value is -2.37. The van der Waals surface area contributed by atoms with Gasteiger partial charge < -0.3 is 9.84 Å². The molecule has 0 saturated carbocycles. The molecule has 2 aliphatic heterocycles. The van der Waals surface area contributed by atoms with E-state index >= 15 is 0 Å². The fourth-order valence-corrected chi connectivity index (χ4v) is 6.72. The highest BCUT2D eigenvalue weighted by molar-refractivity contribution is 7.89. The molecular weight excluding hydrogens is 460 g/mol. The molecule has 0 spiro atoms. The molecule has 0 amide bonds. The van der Waals surface area contributed by atoms with Crippen molar-refractivity contribution in [3.05, 3.63) is 59.7 Å². The second-order valence-electron chi connectivity index (χ2n) is 9.85. The van der Waals surface area contributed by atoms with Gasteiger partial charge in [-0.25, -0.2) is 8.42 Å². The van der Waals surface area contributed by atoms with E-state index in [0.717, 1.165) is 36.9 Å². The van der Waals surface area contributed by atoms with Crippen LogP contribution in [0.2, 0.25) is 0 Å². The van der Waals surface area contributed by atoms with Gasteiger partial charge in [-0.15, -0.1) is 0 Å². The van der Waals surface area contributed by atoms with Gasteiger partial charge in [-0.05, 0) is 55.1 Å². The number of aliphatic hydroxyl groups is 1. The smallest absolute Gasteiger partial charge is 0.243 e. The van der Waals surface area contributed by atoms with Gasteiger partial charge >= 0.3 is 0 Å². The minimum Gasteiger partial charge on any atom is -0.497 e. The molecule has 6 nitrogen and oxygen atoms in total. The Morgan fingerprint density at radius 1 is 1.11 bits per heavy atom. The van der Waals surface area contributed by atoms with Crippen LogP contribution < -0.4 is 4.74 Å². The maximum absolute atomic E-state index is 13.6. The topological polar surface area (TPSA) is 70.1 Å². The average molecular weight is 497 g/mol. The molecule has 0 radical (unpaired) electrons. The molecule has 35 heavy (non-hydrogen) atoms. The van der Waals surface area contributed by atoms with Gasteiger partial charge in [-0.2, -0.15) is 4.31 Å². The van der Waals surface area contributed by atoms with Crippen molar-refractivity contribution < 1.29 is 18.3 Å². The standard InChI is InChI=1S/C28H36N2O4S/c1-21(2)8-6-9-22-12-14-23(15-13-22)28-26-19-29(16-4-5-17-30(26)27(28)20-31)35(32,33)25-11-7-10-24(18-25)34-3/h7,10-15,18,21,26-28,31H,4-5,8,16-17,19-20H2,1-3H3/t26-,27+,28+/m1/s1. The predicted octanol–water partition coefficient (Wildman–Crippen LogP) is 3.71. The van der Waals surface area contributed by atoms with Crippen LogP contribution in [0, 0.1) is 17.8 Å². The Morgan fingerprint density at radius 2 is 1.86 bits per heavy atom. The van der Waals surface area contributed by atoms with Crippen LogP contribution in [-0.4, -0.2) is 68.2 Å². The zero-order chi connectivity index (χ0) is 25.0. The number of fused-ring (bicyclic) bond motifs is 1. The van der Waals surface area contributed by atoms with Gasteiger partial charge in [0.1, 0.15) is 5.75 Å². The lowest BCUT2D eigenvalue weighted by Crippen LogP contribution is -2.67. The van der Waals surface area contributed by atoms with Crippen LogP contribution in [0.15, 0.2) is 53.4 Å². The van der Waals surface area contributed by atoms with Crippen LogP contribution in [0.5, 0.6) is 5.75 Å². The number of rotatable bonds is 6. The van der Waals surface area contributed by atoms with E-state index in [4.69, 9.17) is 4.74 Å². The summed E-state index contributed by atoms with van der Waals surface area (Å²) in [5.74, 6) is 7.59. The largest absolute Gasteiger partial charge is 0.497 e. The van der Waals surface area contributed by atoms with Gasteiger partial charge in [0.05, 0.1) is 18.6 Å². The quantitative estimate of drug-likeness (QED) is 0.618. The van der Waals surface area contributed by atoms with E-state index in [-0.39, 0.29) is 29.5 Å². The molecule has 1 N–H and O–H groups in total. The normalized spacial score (nSPS) is 23.4. The molecule has 2 heterocycles. The molecule has 0 bridgehead atoms. The average Bonchev–Trinajstić information content (AvgIpc) is 2.83. The number of hydrogen-bond donors (Lipinski definition) is 1. The molecule has 2 aromatic rings. The van der Waals surface area contributed by atoms with Gasteiger partial charge in [0.2, 0.25) is 10.0 Å². The number of aliphatic hydroxyl groups excluding tert-OH is 1. The Kier molecular flexibility index (Phi) is 8.18. The summed E-state index contributed by atoms with van der Waals surface area (Å²) in [7, 11) is -2.13. The summed E-state index contributed by atoms with van der Waals surface area (Å²) in [6, 6.07) is 14.9. The SMILES string of the molecule is COc1cccc(S(=O)(=O)N2CCCCN3[C@H](C2)[C@H](c2ccc(C#CCC(C)C)cc2)[C@@H]3CO)c1.